The number of urea groups is 1. The Morgan fingerprint density at radius 1 is 1.22 bits per heavy atom. The summed E-state index contributed by atoms with van der Waals surface area (Å²) in [6.45, 7) is 5.46. The molecule has 1 unspecified atom stereocenters. The van der Waals surface area contributed by atoms with Crippen LogP contribution in [0.2, 0.25) is 0 Å². The van der Waals surface area contributed by atoms with Crippen LogP contribution < -0.4 is 25.8 Å². The third-order valence-corrected chi connectivity index (χ3v) is 5.87. The molecule has 0 fully saturated rings. The number of benzene rings is 2. The summed E-state index contributed by atoms with van der Waals surface area (Å²) in [5, 5.41) is 12.2. The minimum absolute atomic E-state index is 0.0146. The Kier molecular flexibility index (Phi) is 7.84. The van der Waals surface area contributed by atoms with Crippen LogP contribution in [-0.2, 0) is 4.79 Å². The molecule has 8 nitrogen and oxygen atoms in total. The maximum absolute atomic E-state index is 13.5. The molecule has 0 radical (unpaired) electrons. The molecule has 3 amide bonds. The topological polar surface area (TPSA) is 102 Å². The van der Waals surface area contributed by atoms with Gasteiger partial charge in [-0.05, 0) is 36.8 Å². The van der Waals surface area contributed by atoms with Crippen molar-refractivity contribution in [3.63, 3.8) is 0 Å². The molecule has 2 atom stereocenters. The Balaban J connectivity index is 2.00. The van der Waals surface area contributed by atoms with Gasteiger partial charge in [-0.2, -0.15) is 0 Å². The van der Waals surface area contributed by atoms with E-state index in [0.717, 1.165) is 11.3 Å². The van der Waals surface area contributed by atoms with E-state index in [1.807, 2.05) is 55.5 Å². The molecule has 0 spiro atoms. The fourth-order valence-electron chi connectivity index (χ4n) is 4.19. The second-order valence-electron chi connectivity index (χ2n) is 8.13. The van der Waals surface area contributed by atoms with Gasteiger partial charge in [0.25, 0.3) is 0 Å². The second kappa shape index (κ2) is 10.6. The summed E-state index contributed by atoms with van der Waals surface area (Å²) in [5.74, 6) is -0.0456. The molecule has 1 heterocycles. The number of aliphatic hydroxyl groups excluding tert-OH is 1. The first kappa shape index (κ1) is 23.7. The number of amides is 3. The third-order valence-electron chi connectivity index (χ3n) is 5.87. The zero-order chi connectivity index (χ0) is 23.3. The highest BCUT2D eigenvalue weighted by Crippen LogP contribution is 2.38. The van der Waals surface area contributed by atoms with Crippen molar-refractivity contribution in [2.75, 3.05) is 54.5 Å². The maximum atomic E-state index is 13.5. The fourth-order valence-corrected chi connectivity index (χ4v) is 4.19. The molecule has 0 aromatic heterocycles. The van der Waals surface area contributed by atoms with E-state index < -0.39 is 0 Å². The minimum atomic E-state index is -0.160. The van der Waals surface area contributed by atoms with Crippen LogP contribution in [0.15, 0.2) is 48.5 Å². The van der Waals surface area contributed by atoms with Gasteiger partial charge in [-0.15, -0.1) is 0 Å². The lowest BCUT2D eigenvalue weighted by atomic mass is 9.96. The van der Waals surface area contributed by atoms with Crippen LogP contribution in [0.1, 0.15) is 25.3 Å². The number of anilines is 3. The summed E-state index contributed by atoms with van der Waals surface area (Å²) in [5.41, 5.74) is 9.22. The van der Waals surface area contributed by atoms with Crippen LogP contribution in [-0.4, -0.2) is 62.9 Å². The van der Waals surface area contributed by atoms with E-state index in [9.17, 15) is 9.59 Å². The van der Waals surface area contributed by atoms with Crippen LogP contribution >= 0.6 is 0 Å². The average Bonchev–Trinajstić information content (AvgIpc) is 2.80. The maximum Gasteiger partial charge on any atom is 0.328 e. The van der Waals surface area contributed by atoms with Crippen molar-refractivity contribution >= 4 is 29.0 Å². The van der Waals surface area contributed by atoms with Crippen molar-refractivity contribution in [3.8, 4) is 0 Å². The van der Waals surface area contributed by atoms with Gasteiger partial charge in [-0.3, -0.25) is 14.6 Å². The lowest BCUT2D eigenvalue weighted by molar-refractivity contribution is -0.117. The molecule has 2 aromatic carbocycles. The van der Waals surface area contributed by atoms with E-state index in [2.05, 4.69) is 5.32 Å². The SMILES string of the molecule is CC(=O)N1c2ccc(C(CN)CNCCO)cc2N(C(=O)N(C)c2ccccc2)C[C@@H]1C. The summed E-state index contributed by atoms with van der Waals surface area (Å²) in [7, 11) is 1.75. The number of para-hydroxylation sites is 1. The van der Waals surface area contributed by atoms with Gasteiger partial charge in [-0.1, -0.05) is 24.3 Å². The summed E-state index contributed by atoms with van der Waals surface area (Å²) in [6.07, 6.45) is 0. The van der Waals surface area contributed by atoms with Crippen LogP contribution in [0, 0.1) is 0 Å². The molecule has 1 aliphatic rings. The minimum Gasteiger partial charge on any atom is -0.395 e. The summed E-state index contributed by atoms with van der Waals surface area (Å²) in [6, 6.07) is 15.0. The lowest BCUT2D eigenvalue weighted by Gasteiger charge is -2.42. The number of aliphatic hydroxyl groups is 1. The summed E-state index contributed by atoms with van der Waals surface area (Å²) in [4.78, 5) is 31.0. The van der Waals surface area contributed by atoms with Gasteiger partial charge >= 0.3 is 6.03 Å². The molecule has 0 saturated heterocycles. The Labute approximate surface area is 189 Å². The fraction of sp³-hybridized carbons (Fsp3) is 0.417. The van der Waals surface area contributed by atoms with E-state index in [1.165, 1.54) is 0 Å². The number of fused-ring (bicyclic) bond motifs is 1. The average molecular weight is 440 g/mol. The number of nitrogens with one attached hydrogen (secondary N) is 1. The second-order valence-corrected chi connectivity index (χ2v) is 8.13. The first-order valence-electron chi connectivity index (χ1n) is 10.9. The molecule has 0 bridgehead atoms. The Hall–Kier alpha value is -2.94. The van der Waals surface area contributed by atoms with E-state index >= 15 is 0 Å². The normalized spacial score (nSPS) is 16.5. The Morgan fingerprint density at radius 2 is 1.94 bits per heavy atom. The third kappa shape index (κ3) is 4.93. The molecular formula is C24H33N5O3. The van der Waals surface area contributed by atoms with Gasteiger partial charge in [0.1, 0.15) is 0 Å². The highest BCUT2D eigenvalue weighted by atomic mass is 16.3. The number of rotatable bonds is 7. The number of nitrogens with zero attached hydrogens (tertiary/aromatic N) is 3. The smallest absolute Gasteiger partial charge is 0.328 e. The molecule has 172 valence electrons. The van der Waals surface area contributed by atoms with E-state index in [1.54, 1.807) is 28.7 Å². The molecule has 4 N–H and O–H groups in total. The molecule has 8 heteroatoms. The monoisotopic (exact) mass is 439 g/mol. The van der Waals surface area contributed by atoms with Crippen LogP contribution in [0.3, 0.4) is 0 Å². The van der Waals surface area contributed by atoms with Crippen molar-refractivity contribution in [1.82, 2.24) is 5.32 Å². The molecule has 1 aliphatic heterocycles. The Bertz CT molecular complexity index is 936. The van der Waals surface area contributed by atoms with Crippen molar-refractivity contribution in [3.05, 3.63) is 54.1 Å². The van der Waals surface area contributed by atoms with Crippen LogP contribution in [0.5, 0.6) is 0 Å². The summed E-state index contributed by atoms with van der Waals surface area (Å²) >= 11 is 0. The number of carbonyl (C=O) groups is 2. The van der Waals surface area contributed by atoms with Crippen molar-refractivity contribution < 1.29 is 14.7 Å². The van der Waals surface area contributed by atoms with Gasteiger partial charge in [-0.25, -0.2) is 4.79 Å². The molecule has 2 aromatic rings. The molecular weight excluding hydrogens is 406 g/mol. The van der Waals surface area contributed by atoms with Crippen molar-refractivity contribution in [1.29, 1.82) is 0 Å². The van der Waals surface area contributed by atoms with Crippen LogP contribution in [0.4, 0.5) is 21.9 Å². The number of hydrogen-bond acceptors (Lipinski definition) is 5. The summed E-state index contributed by atoms with van der Waals surface area (Å²) < 4.78 is 0. The predicted octanol–water partition coefficient (Wildman–Crippen LogP) is 2.13. The van der Waals surface area contributed by atoms with Gasteiger partial charge < -0.3 is 21.1 Å². The molecule has 3 rings (SSSR count). The number of hydrogen-bond donors (Lipinski definition) is 3. The van der Waals surface area contributed by atoms with E-state index in [0.29, 0.717) is 37.6 Å². The first-order valence-corrected chi connectivity index (χ1v) is 10.9. The highest BCUT2D eigenvalue weighted by molar-refractivity contribution is 6.08. The first-order chi connectivity index (χ1) is 15.4. The highest BCUT2D eigenvalue weighted by Gasteiger charge is 2.35. The standard InChI is InChI=1S/C24H33N5O3/c1-17-16-28(24(32)27(3)21-7-5-4-6-8-21)23-13-19(20(14-25)15-26-11-12-30)9-10-22(23)29(17)18(2)31/h4-10,13,17,20,26,30H,11-12,14-16,25H2,1-3H3/t17-,20?/m0/s1. The van der Waals surface area contributed by atoms with E-state index in [4.69, 9.17) is 10.8 Å². The van der Waals surface area contributed by atoms with Gasteiger partial charge in [0.2, 0.25) is 5.91 Å². The lowest BCUT2D eigenvalue weighted by Crippen LogP contribution is -2.54. The Morgan fingerprint density at radius 3 is 2.56 bits per heavy atom. The van der Waals surface area contributed by atoms with Gasteiger partial charge in [0, 0.05) is 51.8 Å². The van der Waals surface area contributed by atoms with Crippen LogP contribution in [0.25, 0.3) is 0 Å². The number of carbonyl (C=O) groups excluding carboxylic acids is 2. The van der Waals surface area contributed by atoms with Gasteiger partial charge in [0.15, 0.2) is 0 Å². The molecule has 0 saturated carbocycles. The van der Waals surface area contributed by atoms with E-state index in [-0.39, 0.29) is 30.5 Å². The zero-order valence-electron chi connectivity index (χ0n) is 19.0. The molecule has 0 aliphatic carbocycles. The van der Waals surface area contributed by atoms with Gasteiger partial charge in [0.05, 0.1) is 24.0 Å². The quantitative estimate of drug-likeness (QED) is 0.574. The number of nitrogens with two attached hydrogens (primary N) is 1. The zero-order valence-corrected chi connectivity index (χ0v) is 19.0. The van der Waals surface area contributed by atoms with Crippen molar-refractivity contribution in [2.45, 2.75) is 25.8 Å². The predicted molar refractivity (Wildman–Crippen MR) is 128 cm³/mol. The van der Waals surface area contributed by atoms with Crippen molar-refractivity contribution in [2.24, 2.45) is 5.73 Å². The largest absolute Gasteiger partial charge is 0.395 e. The molecule has 32 heavy (non-hydrogen) atoms.